The zero-order chi connectivity index (χ0) is 21.8. The van der Waals surface area contributed by atoms with Crippen molar-refractivity contribution in [2.45, 2.75) is 13.1 Å². The fourth-order valence-corrected chi connectivity index (χ4v) is 4.09. The van der Waals surface area contributed by atoms with E-state index in [2.05, 4.69) is 15.9 Å². The molecule has 0 bridgehead atoms. The lowest BCUT2D eigenvalue weighted by Crippen LogP contribution is -2.49. The van der Waals surface area contributed by atoms with Crippen molar-refractivity contribution in [1.82, 2.24) is 14.7 Å². The summed E-state index contributed by atoms with van der Waals surface area (Å²) in [5, 5.41) is 0.340. The lowest BCUT2D eigenvalue weighted by atomic mass is 10.1. The number of amides is 1. The van der Waals surface area contributed by atoms with Gasteiger partial charge in [-0.05, 0) is 29.8 Å². The molecule has 0 saturated carbocycles. The number of fused-ring (bicyclic) bond motifs is 1. The molecule has 2 aromatic rings. The molecule has 0 spiro atoms. The number of hydrogen-bond acceptors (Lipinski definition) is 5. The van der Waals surface area contributed by atoms with Gasteiger partial charge < -0.3 is 14.4 Å². The number of nitrogens with zero attached hydrogens (tertiary/aromatic N) is 3. The number of benzene rings is 2. The van der Waals surface area contributed by atoms with Crippen LogP contribution in [0.1, 0.15) is 11.1 Å². The van der Waals surface area contributed by atoms with Gasteiger partial charge in [-0.25, -0.2) is 4.39 Å². The van der Waals surface area contributed by atoms with E-state index in [1.54, 1.807) is 19.2 Å². The molecule has 1 amide bonds. The second-order valence-electron chi connectivity index (χ2n) is 7.98. The Morgan fingerprint density at radius 3 is 2.52 bits per heavy atom. The van der Waals surface area contributed by atoms with E-state index in [1.807, 2.05) is 12.1 Å². The molecule has 2 aromatic carbocycles. The van der Waals surface area contributed by atoms with Gasteiger partial charge in [0.1, 0.15) is 19.0 Å². The summed E-state index contributed by atoms with van der Waals surface area (Å²) in [5.74, 6) is 1.18. The van der Waals surface area contributed by atoms with Crippen molar-refractivity contribution < 1.29 is 18.7 Å². The second kappa shape index (κ2) is 9.85. The van der Waals surface area contributed by atoms with E-state index in [0.29, 0.717) is 30.3 Å². The summed E-state index contributed by atoms with van der Waals surface area (Å²) in [6, 6.07) is 10.7. The highest BCUT2D eigenvalue weighted by atomic mass is 35.5. The second-order valence-corrected chi connectivity index (χ2v) is 8.39. The summed E-state index contributed by atoms with van der Waals surface area (Å²) in [7, 11) is 1.68. The van der Waals surface area contributed by atoms with Gasteiger partial charge in [-0.3, -0.25) is 14.6 Å². The molecule has 1 saturated heterocycles. The van der Waals surface area contributed by atoms with Crippen LogP contribution in [-0.2, 0) is 17.9 Å². The fraction of sp³-hybridized carbons (Fsp3) is 0.435. The first-order valence-corrected chi connectivity index (χ1v) is 10.9. The average molecular weight is 448 g/mol. The van der Waals surface area contributed by atoms with E-state index in [4.69, 9.17) is 21.1 Å². The number of rotatable bonds is 6. The molecule has 0 N–H and O–H groups in total. The third-order valence-electron chi connectivity index (χ3n) is 5.72. The largest absolute Gasteiger partial charge is 0.486 e. The number of ether oxygens (including phenoxy) is 2. The van der Waals surface area contributed by atoms with Gasteiger partial charge in [-0.15, -0.1) is 0 Å². The molecule has 0 atom stereocenters. The van der Waals surface area contributed by atoms with Gasteiger partial charge in [0.15, 0.2) is 11.5 Å². The molecule has 0 aromatic heterocycles. The molecule has 2 aliphatic heterocycles. The van der Waals surface area contributed by atoms with Crippen molar-refractivity contribution in [3.63, 3.8) is 0 Å². The quantitative estimate of drug-likeness (QED) is 0.681. The van der Waals surface area contributed by atoms with Crippen LogP contribution in [0.2, 0.25) is 5.02 Å². The number of piperazine rings is 1. The number of halogens is 2. The summed E-state index contributed by atoms with van der Waals surface area (Å²) in [6.07, 6.45) is 0. The molecule has 2 heterocycles. The molecule has 0 aliphatic carbocycles. The number of carbonyl (C=O) groups is 1. The monoisotopic (exact) mass is 447 g/mol. The number of carbonyl (C=O) groups excluding carboxylic acids is 1. The standard InChI is InChI=1S/C23H27ClFN3O3/c1-26(15-18-19(24)3-2-4-20(18)25)23(29)16-28-9-7-27(8-10-28)14-17-5-6-21-22(13-17)31-12-11-30-21/h2-6,13H,7-12,14-16H2,1H3. The minimum Gasteiger partial charge on any atom is -0.486 e. The summed E-state index contributed by atoms with van der Waals surface area (Å²) >= 11 is 6.08. The minimum absolute atomic E-state index is 0.0420. The maximum absolute atomic E-state index is 14.0. The van der Waals surface area contributed by atoms with E-state index in [0.717, 1.165) is 44.2 Å². The molecule has 4 rings (SSSR count). The van der Waals surface area contributed by atoms with Crippen LogP contribution < -0.4 is 9.47 Å². The maximum atomic E-state index is 14.0. The van der Waals surface area contributed by atoms with Crippen molar-refractivity contribution in [2.24, 2.45) is 0 Å². The first kappa shape index (κ1) is 21.9. The van der Waals surface area contributed by atoms with Crippen molar-refractivity contribution in [1.29, 1.82) is 0 Å². The SMILES string of the molecule is CN(Cc1c(F)cccc1Cl)C(=O)CN1CCN(Cc2ccc3c(c2)OCCO3)CC1. The molecule has 1 fully saturated rings. The van der Waals surface area contributed by atoms with Gasteiger partial charge in [0.2, 0.25) is 5.91 Å². The fourth-order valence-electron chi connectivity index (χ4n) is 3.87. The molecular formula is C23H27ClFN3O3. The lowest BCUT2D eigenvalue weighted by Gasteiger charge is -2.35. The Morgan fingerprint density at radius 1 is 1.06 bits per heavy atom. The Labute approximate surface area is 187 Å². The smallest absolute Gasteiger partial charge is 0.236 e. The summed E-state index contributed by atoms with van der Waals surface area (Å²) in [5.41, 5.74) is 1.54. The molecule has 31 heavy (non-hydrogen) atoms. The van der Waals surface area contributed by atoms with Crippen LogP contribution in [0, 0.1) is 5.82 Å². The van der Waals surface area contributed by atoms with Crippen LogP contribution in [0.25, 0.3) is 0 Å². The lowest BCUT2D eigenvalue weighted by molar-refractivity contribution is -0.132. The highest BCUT2D eigenvalue weighted by Gasteiger charge is 2.22. The van der Waals surface area contributed by atoms with Crippen LogP contribution in [0.3, 0.4) is 0 Å². The molecule has 0 unspecified atom stereocenters. The molecule has 6 nitrogen and oxygen atoms in total. The summed E-state index contributed by atoms with van der Waals surface area (Å²) in [6.45, 7) is 5.87. The van der Waals surface area contributed by atoms with E-state index >= 15 is 0 Å². The number of likely N-dealkylation sites (N-methyl/N-ethyl adjacent to an activating group) is 1. The molecular weight excluding hydrogens is 421 g/mol. The van der Waals surface area contributed by atoms with Gasteiger partial charge >= 0.3 is 0 Å². The molecule has 8 heteroatoms. The maximum Gasteiger partial charge on any atom is 0.236 e. The van der Waals surface area contributed by atoms with Crippen molar-refractivity contribution in [3.8, 4) is 11.5 Å². The van der Waals surface area contributed by atoms with Crippen LogP contribution in [-0.4, -0.2) is 73.6 Å². The topological polar surface area (TPSA) is 45.3 Å². The Hall–Kier alpha value is -2.35. The predicted octanol–water partition coefficient (Wildman–Crippen LogP) is 3.03. The Kier molecular flexibility index (Phi) is 6.95. The normalized spacial score (nSPS) is 16.9. The predicted molar refractivity (Wildman–Crippen MR) is 117 cm³/mol. The average Bonchev–Trinajstić information content (AvgIpc) is 2.77. The van der Waals surface area contributed by atoms with Gasteiger partial charge in [0.05, 0.1) is 6.54 Å². The Bertz CT molecular complexity index is 914. The first-order chi connectivity index (χ1) is 15.0. The Morgan fingerprint density at radius 2 is 1.77 bits per heavy atom. The third kappa shape index (κ3) is 5.47. The minimum atomic E-state index is -0.389. The van der Waals surface area contributed by atoms with Crippen LogP contribution in [0.4, 0.5) is 4.39 Å². The highest BCUT2D eigenvalue weighted by Crippen LogP contribution is 2.31. The first-order valence-electron chi connectivity index (χ1n) is 10.5. The van der Waals surface area contributed by atoms with Gasteiger partial charge in [0.25, 0.3) is 0 Å². The van der Waals surface area contributed by atoms with E-state index in [-0.39, 0.29) is 18.3 Å². The summed E-state index contributed by atoms with van der Waals surface area (Å²) in [4.78, 5) is 18.7. The third-order valence-corrected chi connectivity index (χ3v) is 6.07. The van der Waals surface area contributed by atoms with E-state index in [9.17, 15) is 9.18 Å². The zero-order valence-corrected chi connectivity index (χ0v) is 18.4. The molecule has 0 radical (unpaired) electrons. The van der Waals surface area contributed by atoms with Crippen LogP contribution >= 0.6 is 11.6 Å². The Balaban J connectivity index is 1.25. The molecule has 2 aliphatic rings. The summed E-state index contributed by atoms with van der Waals surface area (Å²) < 4.78 is 25.2. The van der Waals surface area contributed by atoms with E-state index in [1.165, 1.54) is 16.5 Å². The van der Waals surface area contributed by atoms with Crippen molar-refractivity contribution in [2.75, 3.05) is 53.0 Å². The number of hydrogen-bond donors (Lipinski definition) is 0. The van der Waals surface area contributed by atoms with Crippen molar-refractivity contribution in [3.05, 3.63) is 58.4 Å². The van der Waals surface area contributed by atoms with Gasteiger partial charge in [-0.2, -0.15) is 0 Å². The van der Waals surface area contributed by atoms with Gasteiger partial charge in [-0.1, -0.05) is 23.7 Å². The van der Waals surface area contributed by atoms with Crippen LogP contribution in [0.5, 0.6) is 11.5 Å². The highest BCUT2D eigenvalue weighted by molar-refractivity contribution is 6.31. The van der Waals surface area contributed by atoms with E-state index < -0.39 is 0 Å². The van der Waals surface area contributed by atoms with Crippen LogP contribution in [0.15, 0.2) is 36.4 Å². The van der Waals surface area contributed by atoms with Gasteiger partial charge in [0, 0.05) is 56.9 Å². The zero-order valence-electron chi connectivity index (χ0n) is 17.7. The molecule has 166 valence electrons. The van der Waals surface area contributed by atoms with Crippen molar-refractivity contribution >= 4 is 17.5 Å².